The van der Waals surface area contributed by atoms with Crippen LogP contribution in [0, 0.1) is 25.5 Å². The Morgan fingerprint density at radius 1 is 0.941 bits per heavy atom. The summed E-state index contributed by atoms with van der Waals surface area (Å²) < 4.78 is 26.8. The molecule has 3 heteroatoms. The molecule has 1 nitrogen and oxygen atoms in total. The zero-order valence-electron chi connectivity index (χ0n) is 9.59. The summed E-state index contributed by atoms with van der Waals surface area (Å²) >= 11 is 0. The summed E-state index contributed by atoms with van der Waals surface area (Å²) in [5.41, 5.74) is 2.15. The van der Waals surface area contributed by atoms with Crippen molar-refractivity contribution in [3.05, 3.63) is 53.1 Å². The van der Waals surface area contributed by atoms with Crippen molar-refractivity contribution < 1.29 is 13.9 Å². The maximum Gasteiger partial charge on any atom is 0.166 e. The van der Waals surface area contributed by atoms with Crippen molar-refractivity contribution in [3.8, 4) is 16.9 Å². The smallest absolute Gasteiger partial charge is 0.166 e. The van der Waals surface area contributed by atoms with Gasteiger partial charge >= 0.3 is 0 Å². The van der Waals surface area contributed by atoms with Gasteiger partial charge in [0.05, 0.1) is 0 Å². The van der Waals surface area contributed by atoms with Crippen molar-refractivity contribution >= 4 is 0 Å². The van der Waals surface area contributed by atoms with Crippen LogP contribution in [0.3, 0.4) is 0 Å². The lowest BCUT2D eigenvalue weighted by Crippen LogP contribution is -1.92. The van der Waals surface area contributed by atoms with Gasteiger partial charge in [-0.25, -0.2) is 8.78 Å². The molecule has 0 saturated heterocycles. The number of phenols is 1. The molecule has 0 saturated carbocycles. The number of hydrogen-bond donors (Lipinski definition) is 1. The first-order valence-electron chi connectivity index (χ1n) is 5.25. The van der Waals surface area contributed by atoms with Crippen LogP contribution in [0.1, 0.15) is 11.1 Å². The third-order valence-corrected chi connectivity index (χ3v) is 2.78. The second-order valence-corrected chi connectivity index (χ2v) is 4.05. The number of phenolic OH excluding ortho intramolecular Hbond substituents is 1. The minimum Gasteiger partial charge on any atom is -0.508 e. The molecule has 2 aromatic rings. The van der Waals surface area contributed by atoms with Gasteiger partial charge in [-0.05, 0) is 48.7 Å². The summed E-state index contributed by atoms with van der Waals surface area (Å²) in [5, 5.41) is 9.53. The monoisotopic (exact) mass is 234 g/mol. The number of hydrogen-bond acceptors (Lipinski definition) is 1. The normalized spacial score (nSPS) is 10.6. The molecule has 0 unspecified atom stereocenters. The van der Waals surface area contributed by atoms with Gasteiger partial charge in [-0.15, -0.1) is 0 Å². The number of aromatic hydroxyl groups is 1. The van der Waals surface area contributed by atoms with Gasteiger partial charge in [0.25, 0.3) is 0 Å². The van der Waals surface area contributed by atoms with Crippen molar-refractivity contribution in [2.45, 2.75) is 13.8 Å². The van der Waals surface area contributed by atoms with Crippen molar-refractivity contribution in [1.82, 2.24) is 0 Å². The molecule has 0 heterocycles. The zero-order valence-corrected chi connectivity index (χ0v) is 9.59. The van der Waals surface area contributed by atoms with E-state index >= 15 is 0 Å². The molecule has 88 valence electrons. The van der Waals surface area contributed by atoms with Crippen LogP contribution in [-0.2, 0) is 0 Å². The Labute approximate surface area is 98.3 Å². The molecule has 0 radical (unpaired) electrons. The third-order valence-electron chi connectivity index (χ3n) is 2.78. The lowest BCUT2D eigenvalue weighted by molar-refractivity contribution is 0.470. The van der Waals surface area contributed by atoms with Crippen LogP contribution in [-0.4, -0.2) is 5.11 Å². The first-order chi connectivity index (χ1) is 8.00. The summed E-state index contributed by atoms with van der Waals surface area (Å²) in [7, 11) is 0. The molecule has 1 N–H and O–H groups in total. The van der Waals surface area contributed by atoms with Crippen LogP contribution in [0.4, 0.5) is 8.78 Å². The van der Waals surface area contributed by atoms with E-state index in [9.17, 15) is 13.9 Å². The minimum atomic E-state index is -0.868. The number of halogens is 2. The molecule has 0 aromatic heterocycles. The zero-order chi connectivity index (χ0) is 12.6. The Morgan fingerprint density at radius 2 is 1.65 bits per heavy atom. The van der Waals surface area contributed by atoms with Gasteiger partial charge in [-0.1, -0.05) is 12.1 Å². The molecule has 2 aromatic carbocycles. The van der Waals surface area contributed by atoms with Gasteiger partial charge in [-0.2, -0.15) is 0 Å². The maximum atomic E-state index is 13.7. The van der Waals surface area contributed by atoms with E-state index in [-0.39, 0.29) is 11.3 Å². The summed E-state index contributed by atoms with van der Waals surface area (Å²) in [6.45, 7) is 3.47. The van der Waals surface area contributed by atoms with Crippen molar-refractivity contribution in [2.24, 2.45) is 0 Å². The predicted molar refractivity (Wildman–Crippen MR) is 62.9 cm³/mol. The molecule has 0 amide bonds. The van der Waals surface area contributed by atoms with E-state index in [1.54, 1.807) is 26.0 Å². The Bertz CT molecular complexity index is 577. The van der Waals surface area contributed by atoms with Crippen molar-refractivity contribution in [2.75, 3.05) is 0 Å². The van der Waals surface area contributed by atoms with E-state index in [0.717, 1.165) is 6.07 Å². The highest BCUT2D eigenvalue weighted by atomic mass is 19.2. The van der Waals surface area contributed by atoms with Crippen LogP contribution in [0.2, 0.25) is 0 Å². The first-order valence-corrected chi connectivity index (χ1v) is 5.25. The topological polar surface area (TPSA) is 20.2 Å². The van der Waals surface area contributed by atoms with Gasteiger partial charge < -0.3 is 5.11 Å². The van der Waals surface area contributed by atoms with E-state index in [2.05, 4.69) is 0 Å². The molecule has 0 aliphatic heterocycles. The Hall–Kier alpha value is -1.90. The van der Waals surface area contributed by atoms with E-state index in [1.807, 2.05) is 0 Å². The summed E-state index contributed by atoms with van der Waals surface area (Å²) in [6.07, 6.45) is 0. The second kappa shape index (κ2) is 4.17. The molecule has 2 rings (SSSR count). The lowest BCUT2D eigenvalue weighted by Gasteiger charge is -2.10. The standard InChI is InChI=1S/C14H12F2O/c1-8-7-13(17)9(2)6-11(8)10-4-3-5-12(15)14(10)16/h3-7,17H,1-2H3. The van der Waals surface area contributed by atoms with Crippen LogP contribution in [0.25, 0.3) is 11.1 Å². The number of rotatable bonds is 1. The molecule has 0 bridgehead atoms. The predicted octanol–water partition coefficient (Wildman–Crippen LogP) is 3.95. The molecule has 0 fully saturated rings. The first kappa shape index (κ1) is 11.6. The molecule has 0 aliphatic carbocycles. The molecule has 0 spiro atoms. The summed E-state index contributed by atoms with van der Waals surface area (Å²) in [6, 6.07) is 7.28. The van der Waals surface area contributed by atoms with E-state index in [0.29, 0.717) is 16.7 Å². The fourth-order valence-electron chi connectivity index (χ4n) is 1.80. The molecular weight excluding hydrogens is 222 g/mol. The van der Waals surface area contributed by atoms with Gasteiger partial charge in [0.2, 0.25) is 0 Å². The van der Waals surface area contributed by atoms with Gasteiger partial charge in [-0.3, -0.25) is 0 Å². The van der Waals surface area contributed by atoms with Crippen LogP contribution >= 0.6 is 0 Å². The van der Waals surface area contributed by atoms with Crippen molar-refractivity contribution in [3.63, 3.8) is 0 Å². The fourth-order valence-corrected chi connectivity index (χ4v) is 1.80. The average molecular weight is 234 g/mol. The molecule has 0 aliphatic rings. The van der Waals surface area contributed by atoms with E-state index in [4.69, 9.17) is 0 Å². The van der Waals surface area contributed by atoms with Crippen LogP contribution in [0.15, 0.2) is 30.3 Å². The molecule has 17 heavy (non-hydrogen) atoms. The summed E-state index contributed by atoms with van der Waals surface area (Å²) in [5.74, 6) is -1.57. The summed E-state index contributed by atoms with van der Waals surface area (Å²) in [4.78, 5) is 0. The maximum absolute atomic E-state index is 13.7. The largest absolute Gasteiger partial charge is 0.508 e. The highest BCUT2D eigenvalue weighted by Gasteiger charge is 2.12. The number of aryl methyl sites for hydroxylation is 2. The van der Waals surface area contributed by atoms with Gasteiger partial charge in [0, 0.05) is 5.56 Å². The quantitative estimate of drug-likeness (QED) is 0.792. The SMILES string of the molecule is Cc1cc(-c2cccc(F)c2F)c(C)cc1O. The Morgan fingerprint density at radius 3 is 2.35 bits per heavy atom. The molecule has 0 atom stereocenters. The number of benzene rings is 2. The Balaban J connectivity index is 2.69. The Kier molecular flexibility index (Phi) is 2.84. The highest BCUT2D eigenvalue weighted by molar-refractivity contribution is 5.70. The highest BCUT2D eigenvalue weighted by Crippen LogP contribution is 2.31. The fraction of sp³-hybridized carbons (Fsp3) is 0.143. The third kappa shape index (κ3) is 2.00. The van der Waals surface area contributed by atoms with Crippen molar-refractivity contribution in [1.29, 1.82) is 0 Å². The molecular formula is C14H12F2O. The average Bonchev–Trinajstić information content (AvgIpc) is 2.28. The van der Waals surface area contributed by atoms with Crippen LogP contribution in [0.5, 0.6) is 5.75 Å². The lowest BCUT2D eigenvalue weighted by atomic mass is 9.97. The van der Waals surface area contributed by atoms with E-state index in [1.165, 1.54) is 12.1 Å². The second-order valence-electron chi connectivity index (χ2n) is 4.05. The van der Waals surface area contributed by atoms with Gasteiger partial charge in [0.15, 0.2) is 11.6 Å². The minimum absolute atomic E-state index is 0.156. The van der Waals surface area contributed by atoms with Gasteiger partial charge in [0.1, 0.15) is 5.75 Å². The van der Waals surface area contributed by atoms with E-state index < -0.39 is 11.6 Å². The van der Waals surface area contributed by atoms with Crippen LogP contribution < -0.4 is 0 Å².